The van der Waals surface area contributed by atoms with Crippen molar-refractivity contribution in [1.82, 2.24) is 10.1 Å². The van der Waals surface area contributed by atoms with Crippen LogP contribution in [0.25, 0.3) is 0 Å². The second kappa shape index (κ2) is 2.62. The lowest BCUT2D eigenvalue weighted by Crippen LogP contribution is -2.10. The molecule has 0 aliphatic heterocycles. The highest BCUT2D eigenvalue weighted by atomic mass is 16.5. The molecule has 1 aliphatic rings. The molecule has 11 heavy (non-hydrogen) atoms. The first-order valence-corrected chi connectivity index (χ1v) is 3.92. The van der Waals surface area contributed by atoms with Gasteiger partial charge in [-0.2, -0.15) is 4.98 Å². The van der Waals surface area contributed by atoms with Gasteiger partial charge >= 0.3 is 0 Å². The molecule has 0 spiro atoms. The van der Waals surface area contributed by atoms with E-state index in [0.717, 1.165) is 5.82 Å². The molecule has 2 rings (SSSR count). The second-order valence-electron chi connectivity index (χ2n) is 2.88. The molecular formula is C7H11N3O. The van der Waals surface area contributed by atoms with Crippen molar-refractivity contribution in [2.45, 2.75) is 31.7 Å². The van der Waals surface area contributed by atoms with Crippen LogP contribution in [0.5, 0.6) is 0 Å². The van der Waals surface area contributed by atoms with E-state index in [9.17, 15) is 0 Å². The van der Waals surface area contributed by atoms with Crippen molar-refractivity contribution in [3.05, 3.63) is 11.7 Å². The molecule has 0 unspecified atom stereocenters. The molecule has 4 nitrogen and oxygen atoms in total. The summed E-state index contributed by atoms with van der Waals surface area (Å²) < 4.78 is 4.88. The summed E-state index contributed by atoms with van der Waals surface area (Å²) in [6, 6.07) is 0. The maximum Gasteiger partial charge on any atom is 0.240 e. The fourth-order valence-electron chi connectivity index (χ4n) is 1.18. The normalized spacial score (nSPS) is 18.3. The largest absolute Gasteiger partial charge is 0.338 e. The van der Waals surface area contributed by atoms with Crippen molar-refractivity contribution in [3.8, 4) is 0 Å². The van der Waals surface area contributed by atoms with Crippen molar-refractivity contribution in [2.24, 2.45) is 5.73 Å². The van der Waals surface area contributed by atoms with Crippen molar-refractivity contribution in [1.29, 1.82) is 0 Å². The number of nitrogens with zero attached hydrogens (tertiary/aromatic N) is 2. The van der Waals surface area contributed by atoms with Crippen molar-refractivity contribution in [3.63, 3.8) is 0 Å². The molecule has 0 saturated heterocycles. The van der Waals surface area contributed by atoms with Crippen LogP contribution < -0.4 is 5.73 Å². The lowest BCUT2D eigenvalue weighted by molar-refractivity contribution is 0.348. The average molecular weight is 153 g/mol. The van der Waals surface area contributed by atoms with Crippen LogP contribution in [0.3, 0.4) is 0 Å². The summed E-state index contributed by atoms with van der Waals surface area (Å²) in [7, 11) is 0. The Morgan fingerprint density at radius 3 is 2.82 bits per heavy atom. The summed E-state index contributed by atoms with van der Waals surface area (Å²) in [5.41, 5.74) is 5.33. The van der Waals surface area contributed by atoms with E-state index in [1.54, 1.807) is 0 Å². The average Bonchev–Trinajstić information content (AvgIpc) is 2.32. The Hall–Kier alpha value is -0.900. The number of nitrogens with two attached hydrogens (primary N) is 1. The van der Waals surface area contributed by atoms with Crippen LogP contribution >= 0.6 is 0 Å². The second-order valence-corrected chi connectivity index (χ2v) is 2.88. The molecule has 0 atom stereocenters. The number of rotatable bonds is 2. The van der Waals surface area contributed by atoms with Crippen LogP contribution in [-0.4, -0.2) is 10.1 Å². The standard InChI is InChI=1S/C7H11N3O/c8-4-6-9-7(10-11-6)5-2-1-3-5/h5H,1-4,8H2. The predicted molar refractivity (Wildman–Crippen MR) is 38.8 cm³/mol. The Kier molecular flexibility index (Phi) is 1.62. The van der Waals surface area contributed by atoms with Gasteiger partial charge < -0.3 is 10.3 Å². The third-order valence-corrected chi connectivity index (χ3v) is 2.13. The highest BCUT2D eigenvalue weighted by Gasteiger charge is 2.24. The number of hydrogen-bond acceptors (Lipinski definition) is 4. The first kappa shape index (κ1) is 6.79. The molecule has 0 aromatic carbocycles. The van der Waals surface area contributed by atoms with Crippen LogP contribution in [0, 0.1) is 0 Å². The minimum Gasteiger partial charge on any atom is -0.338 e. The van der Waals surface area contributed by atoms with Crippen molar-refractivity contribution in [2.75, 3.05) is 0 Å². The zero-order valence-corrected chi connectivity index (χ0v) is 6.29. The van der Waals surface area contributed by atoms with Crippen molar-refractivity contribution >= 4 is 0 Å². The van der Waals surface area contributed by atoms with Crippen molar-refractivity contribution < 1.29 is 4.52 Å². The lowest BCUT2D eigenvalue weighted by Gasteiger charge is -2.20. The Morgan fingerprint density at radius 2 is 2.36 bits per heavy atom. The first-order chi connectivity index (χ1) is 5.40. The molecule has 0 radical (unpaired) electrons. The Balaban J connectivity index is 2.11. The first-order valence-electron chi connectivity index (χ1n) is 3.92. The van der Waals surface area contributed by atoms with Gasteiger partial charge in [0.2, 0.25) is 5.89 Å². The van der Waals surface area contributed by atoms with Gasteiger partial charge in [-0.1, -0.05) is 11.6 Å². The molecule has 4 heteroatoms. The van der Waals surface area contributed by atoms with E-state index in [0.29, 0.717) is 18.4 Å². The van der Waals surface area contributed by atoms with Crippen LogP contribution in [0.15, 0.2) is 4.52 Å². The van der Waals surface area contributed by atoms with E-state index in [-0.39, 0.29) is 0 Å². The highest BCUT2D eigenvalue weighted by molar-refractivity contribution is 4.99. The summed E-state index contributed by atoms with van der Waals surface area (Å²) >= 11 is 0. The highest BCUT2D eigenvalue weighted by Crippen LogP contribution is 2.34. The Morgan fingerprint density at radius 1 is 1.55 bits per heavy atom. The zero-order chi connectivity index (χ0) is 7.68. The Bertz CT molecular complexity index is 242. The van der Waals surface area contributed by atoms with Gasteiger partial charge in [0.15, 0.2) is 5.82 Å². The van der Waals surface area contributed by atoms with Crippen LogP contribution in [0.2, 0.25) is 0 Å². The molecule has 1 heterocycles. The molecule has 2 N–H and O–H groups in total. The van der Waals surface area contributed by atoms with E-state index in [1.807, 2.05) is 0 Å². The summed E-state index contributed by atoms with van der Waals surface area (Å²) in [6.45, 7) is 0.347. The molecule has 1 aliphatic carbocycles. The summed E-state index contributed by atoms with van der Waals surface area (Å²) in [5, 5.41) is 3.84. The van der Waals surface area contributed by atoms with Gasteiger partial charge in [-0.15, -0.1) is 0 Å². The molecular weight excluding hydrogens is 142 g/mol. The summed E-state index contributed by atoms with van der Waals surface area (Å²) in [6.07, 6.45) is 3.68. The van der Waals surface area contributed by atoms with Gasteiger partial charge in [0, 0.05) is 5.92 Å². The Labute approximate surface area is 64.8 Å². The fraction of sp³-hybridized carbons (Fsp3) is 0.714. The van der Waals surface area contributed by atoms with E-state index in [1.165, 1.54) is 19.3 Å². The van der Waals surface area contributed by atoms with Gasteiger partial charge in [-0.3, -0.25) is 0 Å². The van der Waals surface area contributed by atoms with E-state index < -0.39 is 0 Å². The molecule has 0 amide bonds. The molecule has 0 bridgehead atoms. The van der Waals surface area contributed by atoms with Gasteiger partial charge in [-0.25, -0.2) is 0 Å². The van der Waals surface area contributed by atoms with Crippen LogP contribution in [-0.2, 0) is 6.54 Å². The fourth-order valence-corrected chi connectivity index (χ4v) is 1.18. The lowest BCUT2D eigenvalue weighted by atomic mass is 9.85. The van der Waals surface area contributed by atoms with E-state index in [2.05, 4.69) is 10.1 Å². The van der Waals surface area contributed by atoms with Crippen LogP contribution in [0.1, 0.15) is 36.9 Å². The van der Waals surface area contributed by atoms with Gasteiger partial charge in [0.1, 0.15) is 0 Å². The van der Waals surface area contributed by atoms with Gasteiger partial charge in [-0.05, 0) is 12.8 Å². The minimum absolute atomic E-state index is 0.347. The minimum atomic E-state index is 0.347. The van der Waals surface area contributed by atoms with E-state index >= 15 is 0 Å². The molecule has 60 valence electrons. The number of aromatic nitrogens is 2. The third-order valence-electron chi connectivity index (χ3n) is 2.13. The maximum absolute atomic E-state index is 5.33. The van der Waals surface area contributed by atoms with E-state index in [4.69, 9.17) is 10.3 Å². The predicted octanol–water partition coefficient (Wildman–Crippen LogP) is 0.796. The number of hydrogen-bond donors (Lipinski definition) is 1. The maximum atomic E-state index is 5.33. The molecule has 1 aromatic rings. The molecule has 1 saturated carbocycles. The summed E-state index contributed by atoms with van der Waals surface area (Å²) in [5.74, 6) is 1.93. The topological polar surface area (TPSA) is 64.9 Å². The smallest absolute Gasteiger partial charge is 0.240 e. The third kappa shape index (κ3) is 1.14. The summed E-state index contributed by atoms with van der Waals surface area (Å²) in [4.78, 5) is 4.15. The van der Waals surface area contributed by atoms with Gasteiger partial charge in [0.25, 0.3) is 0 Å². The molecule has 1 aromatic heterocycles. The quantitative estimate of drug-likeness (QED) is 0.682. The monoisotopic (exact) mass is 153 g/mol. The zero-order valence-electron chi connectivity index (χ0n) is 6.29. The SMILES string of the molecule is NCc1nc(C2CCC2)no1. The molecule has 1 fully saturated rings. The van der Waals surface area contributed by atoms with Gasteiger partial charge in [0.05, 0.1) is 6.54 Å². The van der Waals surface area contributed by atoms with Crippen LogP contribution in [0.4, 0.5) is 0 Å².